The summed E-state index contributed by atoms with van der Waals surface area (Å²) >= 11 is 0. The van der Waals surface area contributed by atoms with Crippen LogP contribution in [-0.4, -0.2) is 30.6 Å². The van der Waals surface area contributed by atoms with Crippen LogP contribution in [0.3, 0.4) is 0 Å². The number of aliphatic carboxylic acids is 1. The Morgan fingerprint density at radius 1 is 1.29 bits per heavy atom. The van der Waals surface area contributed by atoms with E-state index < -0.39 is 16.8 Å². The lowest BCUT2D eigenvalue weighted by atomic mass is 9.83. The van der Waals surface area contributed by atoms with Gasteiger partial charge in [-0.05, 0) is 44.4 Å². The molecule has 0 atom stereocenters. The number of hydrogen-bond donors (Lipinski definition) is 2. The lowest BCUT2D eigenvalue weighted by Crippen LogP contribution is -2.43. The van der Waals surface area contributed by atoms with Gasteiger partial charge < -0.3 is 15.2 Å². The Balaban J connectivity index is 2.04. The molecule has 5 heteroatoms. The highest BCUT2D eigenvalue weighted by Gasteiger charge is 2.50. The summed E-state index contributed by atoms with van der Waals surface area (Å²) in [4.78, 5) is 23.5. The van der Waals surface area contributed by atoms with Gasteiger partial charge in [0.25, 0.3) is 0 Å². The molecule has 0 aliphatic heterocycles. The van der Waals surface area contributed by atoms with E-state index in [1.54, 1.807) is 7.11 Å². The Bertz CT molecular complexity index is 544. The first kappa shape index (κ1) is 15.4. The van der Waals surface area contributed by atoms with Crippen molar-refractivity contribution >= 4 is 11.9 Å². The summed E-state index contributed by atoms with van der Waals surface area (Å²) in [5.41, 5.74) is -0.604. The molecule has 1 aliphatic rings. The van der Waals surface area contributed by atoms with E-state index in [1.807, 2.05) is 38.1 Å². The van der Waals surface area contributed by atoms with Crippen molar-refractivity contribution in [1.82, 2.24) is 5.32 Å². The molecule has 1 fully saturated rings. The maximum absolute atomic E-state index is 12.4. The van der Waals surface area contributed by atoms with Crippen LogP contribution in [0, 0.1) is 5.41 Å². The van der Waals surface area contributed by atoms with Gasteiger partial charge in [0.2, 0.25) is 5.91 Å². The van der Waals surface area contributed by atoms with Crippen molar-refractivity contribution in [3.05, 3.63) is 29.8 Å². The number of carboxylic acid groups (broad SMARTS) is 1. The van der Waals surface area contributed by atoms with Crippen LogP contribution in [-0.2, 0) is 15.0 Å². The number of rotatable bonds is 6. The SMILES string of the molecule is COc1ccc(C(C)(C)C(=O)NCC2(C(=O)O)CC2)cc1. The smallest absolute Gasteiger partial charge is 0.311 e. The quantitative estimate of drug-likeness (QED) is 0.840. The van der Waals surface area contributed by atoms with Gasteiger partial charge >= 0.3 is 5.97 Å². The van der Waals surface area contributed by atoms with Crippen LogP contribution in [0.5, 0.6) is 5.75 Å². The first-order chi connectivity index (χ1) is 9.82. The van der Waals surface area contributed by atoms with Gasteiger partial charge in [-0.25, -0.2) is 0 Å². The zero-order valence-corrected chi connectivity index (χ0v) is 12.6. The molecule has 0 aromatic heterocycles. The van der Waals surface area contributed by atoms with Gasteiger partial charge in [0.1, 0.15) is 5.75 Å². The number of nitrogens with one attached hydrogen (secondary N) is 1. The number of methoxy groups -OCH3 is 1. The number of ether oxygens (including phenoxy) is 1. The van der Waals surface area contributed by atoms with E-state index in [0.29, 0.717) is 12.8 Å². The van der Waals surface area contributed by atoms with Gasteiger partial charge in [0.15, 0.2) is 0 Å². The maximum atomic E-state index is 12.4. The van der Waals surface area contributed by atoms with Crippen LogP contribution in [0.2, 0.25) is 0 Å². The van der Waals surface area contributed by atoms with Crippen molar-refractivity contribution in [2.45, 2.75) is 32.1 Å². The van der Waals surface area contributed by atoms with Crippen molar-refractivity contribution in [1.29, 1.82) is 0 Å². The second-order valence-corrected chi connectivity index (χ2v) is 6.12. The van der Waals surface area contributed by atoms with E-state index in [-0.39, 0.29) is 12.5 Å². The predicted octanol–water partition coefficient (Wildman–Crippen LogP) is 1.95. The summed E-state index contributed by atoms with van der Waals surface area (Å²) in [6, 6.07) is 7.32. The normalized spacial score (nSPS) is 16.1. The average molecular weight is 291 g/mol. The first-order valence-electron chi connectivity index (χ1n) is 6.98. The van der Waals surface area contributed by atoms with E-state index in [9.17, 15) is 9.59 Å². The molecule has 2 N–H and O–H groups in total. The van der Waals surface area contributed by atoms with Gasteiger partial charge in [-0.3, -0.25) is 9.59 Å². The van der Waals surface area contributed by atoms with Crippen molar-refractivity contribution in [3.8, 4) is 5.75 Å². The lowest BCUT2D eigenvalue weighted by Gasteiger charge is -2.25. The number of amides is 1. The monoisotopic (exact) mass is 291 g/mol. The minimum atomic E-state index is -0.829. The van der Waals surface area contributed by atoms with Crippen LogP contribution in [0.4, 0.5) is 0 Å². The largest absolute Gasteiger partial charge is 0.497 e. The van der Waals surface area contributed by atoms with E-state index in [4.69, 9.17) is 9.84 Å². The summed E-state index contributed by atoms with van der Waals surface area (Å²) < 4.78 is 5.10. The van der Waals surface area contributed by atoms with Crippen LogP contribution in [0.25, 0.3) is 0 Å². The zero-order chi connectivity index (χ0) is 15.7. The van der Waals surface area contributed by atoms with Gasteiger partial charge in [0, 0.05) is 6.54 Å². The third-order valence-corrected chi connectivity index (χ3v) is 4.27. The predicted molar refractivity (Wildman–Crippen MR) is 78.3 cm³/mol. The fourth-order valence-corrected chi connectivity index (χ4v) is 2.23. The fraction of sp³-hybridized carbons (Fsp3) is 0.500. The molecular weight excluding hydrogens is 270 g/mol. The Morgan fingerprint density at radius 2 is 1.86 bits per heavy atom. The Labute approximate surface area is 124 Å². The number of benzene rings is 1. The molecule has 0 saturated heterocycles. The van der Waals surface area contributed by atoms with Gasteiger partial charge in [-0.15, -0.1) is 0 Å². The molecule has 114 valence electrons. The van der Waals surface area contributed by atoms with Crippen molar-refractivity contribution in [2.24, 2.45) is 5.41 Å². The molecule has 1 aromatic rings. The summed E-state index contributed by atoms with van der Waals surface area (Å²) in [6.07, 6.45) is 1.26. The summed E-state index contributed by atoms with van der Waals surface area (Å²) in [6.45, 7) is 3.84. The highest BCUT2D eigenvalue weighted by Crippen LogP contribution is 2.45. The molecule has 2 rings (SSSR count). The maximum Gasteiger partial charge on any atom is 0.311 e. The minimum Gasteiger partial charge on any atom is -0.497 e. The minimum absolute atomic E-state index is 0.166. The summed E-state index contributed by atoms with van der Waals surface area (Å²) in [5.74, 6) is -0.261. The van der Waals surface area contributed by atoms with Gasteiger partial charge in [-0.2, -0.15) is 0 Å². The Hall–Kier alpha value is -2.04. The van der Waals surface area contributed by atoms with E-state index in [1.165, 1.54) is 0 Å². The molecule has 1 aromatic carbocycles. The highest BCUT2D eigenvalue weighted by molar-refractivity contribution is 5.88. The second kappa shape index (κ2) is 5.39. The van der Waals surface area contributed by atoms with E-state index >= 15 is 0 Å². The fourth-order valence-electron chi connectivity index (χ4n) is 2.23. The first-order valence-corrected chi connectivity index (χ1v) is 6.98. The van der Waals surface area contributed by atoms with Crippen molar-refractivity contribution < 1.29 is 19.4 Å². The molecule has 0 radical (unpaired) electrons. The Morgan fingerprint density at radius 3 is 2.29 bits per heavy atom. The molecule has 0 unspecified atom stereocenters. The van der Waals surface area contributed by atoms with Crippen LogP contribution in [0.1, 0.15) is 32.3 Å². The topological polar surface area (TPSA) is 75.6 Å². The molecule has 1 saturated carbocycles. The van der Waals surface area contributed by atoms with Crippen molar-refractivity contribution in [2.75, 3.05) is 13.7 Å². The third-order valence-electron chi connectivity index (χ3n) is 4.27. The standard InChI is InChI=1S/C16H21NO4/c1-15(2,11-4-6-12(21-3)7-5-11)13(18)17-10-16(8-9-16)14(19)20/h4-7H,8-10H2,1-3H3,(H,17,18)(H,19,20). The van der Waals surface area contributed by atoms with E-state index in [2.05, 4.69) is 5.32 Å². The molecule has 0 heterocycles. The second-order valence-electron chi connectivity index (χ2n) is 6.12. The number of carbonyl (C=O) groups excluding carboxylic acids is 1. The molecule has 1 aliphatic carbocycles. The average Bonchev–Trinajstić information content (AvgIpc) is 3.26. The third kappa shape index (κ3) is 3.01. The number of carboxylic acids is 1. The molecule has 0 bridgehead atoms. The van der Waals surface area contributed by atoms with Crippen LogP contribution < -0.4 is 10.1 Å². The molecule has 21 heavy (non-hydrogen) atoms. The summed E-state index contributed by atoms with van der Waals surface area (Å²) in [7, 11) is 1.59. The van der Waals surface area contributed by atoms with Gasteiger partial charge in [0.05, 0.1) is 17.9 Å². The van der Waals surface area contributed by atoms with Crippen LogP contribution in [0.15, 0.2) is 24.3 Å². The Kier molecular flexibility index (Phi) is 3.94. The molecule has 1 amide bonds. The van der Waals surface area contributed by atoms with Gasteiger partial charge in [-0.1, -0.05) is 12.1 Å². The van der Waals surface area contributed by atoms with E-state index in [0.717, 1.165) is 11.3 Å². The highest BCUT2D eigenvalue weighted by atomic mass is 16.5. The zero-order valence-electron chi connectivity index (χ0n) is 12.6. The lowest BCUT2D eigenvalue weighted by molar-refractivity contribution is -0.143. The molecular formula is C16H21NO4. The molecule has 5 nitrogen and oxygen atoms in total. The van der Waals surface area contributed by atoms with Crippen molar-refractivity contribution in [3.63, 3.8) is 0 Å². The molecule has 0 spiro atoms. The van der Waals surface area contributed by atoms with Crippen LogP contribution >= 0.6 is 0 Å². The summed E-state index contributed by atoms with van der Waals surface area (Å²) in [5, 5.41) is 11.9. The number of carbonyl (C=O) groups is 2. The number of hydrogen-bond acceptors (Lipinski definition) is 3.